The smallest absolute Gasteiger partial charge is 0.0434 e. The first-order valence-electron chi connectivity index (χ1n) is 2.63. The molecule has 1 aromatic carbocycles. The van der Waals surface area contributed by atoms with Crippen molar-refractivity contribution in [1.82, 2.24) is 0 Å². The fourth-order valence-electron chi connectivity index (χ4n) is 0.617. The summed E-state index contributed by atoms with van der Waals surface area (Å²) in [6.45, 7) is 1.94. The lowest BCUT2D eigenvalue weighted by Crippen LogP contribution is -1.75. The standard InChI is InChI=1S/C7H7ClS/c1-5-4-6(9)2-3-7(5)8/h2-4,9H,1H3/p-1. The quantitative estimate of drug-likeness (QED) is 0.522. The maximum Gasteiger partial charge on any atom is 0.0434 e. The highest BCUT2D eigenvalue weighted by atomic mass is 35.5. The zero-order chi connectivity index (χ0) is 6.85. The van der Waals surface area contributed by atoms with E-state index in [1.165, 1.54) is 0 Å². The number of halogens is 1. The molecule has 48 valence electrons. The third-order valence-electron chi connectivity index (χ3n) is 1.13. The highest BCUT2D eigenvalue weighted by molar-refractivity contribution is 7.58. The summed E-state index contributed by atoms with van der Waals surface area (Å²) in [4.78, 5) is 0.844. The van der Waals surface area contributed by atoms with Gasteiger partial charge in [0.2, 0.25) is 0 Å². The Morgan fingerprint density at radius 1 is 1.44 bits per heavy atom. The summed E-state index contributed by atoms with van der Waals surface area (Å²) in [6.07, 6.45) is 0. The maximum atomic E-state index is 5.73. The Kier molecular flexibility index (Phi) is 1.94. The second-order valence-corrected chi connectivity index (χ2v) is 2.79. The molecule has 0 aliphatic carbocycles. The van der Waals surface area contributed by atoms with E-state index < -0.39 is 0 Å². The van der Waals surface area contributed by atoms with Gasteiger partial charge in [0.1, 0.15) is 0 Å². The van der Waals surface area contributed by atoms with Gasteiger partial charge < -0.3 is 12.6 Å². The molecule has 0 amide bonds. The molecule has 0 spiro atoms. The van der Waals surface area contributed by atoms with Crippen LogP contribution in [0.3, 0.4) is 0 Å². The molecule has 0 fully saturated rings. The normalized spacial score (nSPS) is 9.56. The highest BCUT2D eigenvalue weighted by Gasteiger charge is 1.88. The lowest BCUT2D eigenvalue weighted by Gasteiger charge is -2.05. The molecule has 9 heavy (non-hydrogen) atoms. The largest absolute Gasteiger partial charge is 0.780 e. The van der Waals surface area contributed by atoms with Crippen molar-refractivity contribution in [2.24, 2.45) is 0 Å². The summed E-state index contributed by atoms with van der Waals surface area (Å²) >= 11 is 10.6. The SMILES string of the molecule is Cc1cc([S-])ccc1Cl. The zero-order valence-corrected chi connectivity index (χ0v) is 6.59. The Labute approximate surface area is 65.3 Å². The van der Waals surface area contributed by atoms with E-state index in [0.717, 1.165) is 15.5 Å². The summed E-state index contributed by atoms with van der Waals surface area (Å²) in [5, 5.41) is 0.781. The molecule has 0 aromatic heterocycles. The zero-order valence-electron chi connectivity index (χ0n) is 5.02. The molecule has 0 nitrogen and oxygen atoms in total. The van der Waals surface area contributed by atoms with Crippen LogP contribution < -0.4 is 0 Å². The van der Waals surface area contributed by atoms with E-state index in [-0.39, 0.29) is 0 Å². The minimum atomic E-state index is 0.781. The number of benzene rings is 1. The van der Waals surface area contributed by atoms with E-state index in [1.54, 1.807) is 0 Å². The topological polar surface area (TPSA) is 0 Å². The van der Waals surface area contributed by atoms with Crippen LogP contribution in [0.15, 0.2) is 23.1 Å². The number of hydrogen-bond acceptors (Lipinski definition) is 1. The molecular formula is C7H6ClS-. The van der Waals surface area contributed by atoms with Crippen LogP contribution in [0.25, 0.3) is 0 Å². The molecule has 0 atom stereocenters. The Morgan fingerprint density at radius 3 is 2.56 bits per heavy atom. The summed E-state index contributed by atoms with van der Waals surface area (Å²) in [6, 6.07) is 5.53. The van der Waals surface area contributed by atoms with Gasteiger partial charge in [-0.15, -0.1) is 0 Å². The van der Waals surface area contributed by atoms with E-state index in [1.807, 2.05) is 25.1 Å². The summed E-state index contributed by atoms with van der Waals surface area (Å²) in [5.74, 6) is 0. The molecule has 0 aliphatic rings. The molecule has 0 heterocycles. The molecule has 0 saturated heterocycles. The van der Waals surface area contributed by atoms with Gasteiger partial charge in [0.25, 0.3) is 0 Å². The van der Waals surface area contributed by atoms with Crippen LogP contribution in [0.4, 0.5) is 0 Å². The van der Waals surface area contributed by atoms with Crippen molar-refractivity contribution in [2.75, 3.05) is 0 Å². The van der Waals surface area contributed by atoms with Gasteiger partial charge in [-0.1, -0.05) is 23.7 Å². The molecule has 0 saturated carbocycles. The number of rotatable bonds is 0. The first kappa shape index (κ1) is 6.84. The summed E-state index contributed by atoms with van der Waals surface area (Å²) < 4.78 is 0. The van der Waals surface area contributed by atoms with Crippen LogP contribution in [0.1, 0.15) is 5.56 Å². The lowest BCUT2D eigenvalue weighted by molar-refractivity contribution is 1.37. The molecule has 0 unspecified atom stereocenters. The van der Waals surface area contributed by atoms with Crippen LogP contribution in [0.5, 0.6) is 0 Å². The van der Waals surface area contributed by atoms with Crippen LogP contribution in [-0.4, -0.2) is 0 Å². The van der Waals surface area contributed by atoms with Crippen LogP contribution in [0, 0.1) is 6.92 Å². The highest BCUT2D eigenvalue weighted by Crippen LogP contribution is 2.15. The second kappa shape index (κ2) is 2.54. The molecule has 0 bridgehead atoms. The van der Waals surface area contributed by atoms with Crippen molar-refractivity contribution in [3.8, 4) is 0 Å². The molecule has 1 aromatic rings. The van der Waals surface area contributed by atoms with Gasteiger partial charge in [0, 0.05) is 5.02 Å². The Morgan fingerprint density at radius 2 is 2.11 bits per heavy atom. The van der Waals surface area contributed by atoms with E-state index in [4.69, 9.17) is 24.2 Å². The monoisotopic (exact) mass is 157 g/mol. The summed E-state index contributed by atoms with van der Waals surface area (Å²) in [5.41, 5.74) is 1.05. The minimum Gasteiger partial charge on any atom is -0.780 e. The molecule has 0 N–H and O–H groups in total. The lowest BCUT2D eigenvalue weighted by atomic mass is 10.2. The Bertz CT molecular complexity index is 220. The van der Waals surface area contributed by atoms with Crippen molar-refractivity contribution in [3.63, 3.8) is 0 Å². The predicted octanol–water partition coefficient (Wildman–Crippen LogP) is 2.55. The molecule has 1 rings (SSSR count). The second-order valence-electron chi connectivity index (χ2n) is 1.91. The van der Waals surface area contributed by atoms with E-state index in [2.05, 4.69) is 0 Å². The molecule has 2 heteroatoms. The average Bonchev–Trinajstić information content (AvgIpc) is 1.80. The van der Waals surface area contributed by atoms with Gasteiger partial charge in [-0.05, 0) is 18.6 Å². The maximum absolute atomic E-state index is 5.73. The van der Waals surface area contributed by atoms with Gasteiger partial charge in [0.15, 0.2) is 0 Å². The van der Waals surface area contributed by atoms with Gasteiger partial charge in [0.05, 0.1) is 0 Å². The molecule has 0 aliphatic heterocycles. The number of hydrogen-bond donors (Lipinski definition) is 0. The fourth-order valence-corrected chi connectivity index (χ4v) is 0.980. The van der Waals surface area contributed by atoms with Gasteiger partial charge in [-0.3, -0.25) is 0 Å². The van der Waals surface area contributed by atoms with Crippen LogP contribution >= 0.6 is 11.6 Å². The fraction of sp³-hybridized carbons (Fsp3) is 0.143. The first-order chi connectivity index (χ1) is 4.20. The van der Waals surface area contributed by atoms with E-state index in [0.29, 0.717) is 0 Å². The van der Waals surface area contributed by atoms with E-state index in [9.17, 15) is 0 Å². The summed E-state index contributed by atoms with van der Waals surface area (Å²) in [7, 11) is 0. The molecular weight excluding hydrogens is 152 g/mol. The minimum absolute atomic E-state index is 0.781. The van der Waals surface area contributed by atoms with Crippen molar-refractivity contribution < 1.29 is 0 Å². The first-order valence-corrected chi connectivity index (χ1v) is 3.42. The van der Waals surface area contributed by atoms with Crippen molar-refractivity contribution in [1.29, 1.82) is 0 Å². The Balaban J connectivity index is 3.17. The average molecular weight is 158 g/mol. The van der Waals surface area contributed by atoms with Gasteiger partial charge in [-0.2, -0.15) is 4.90 Å². The van der Waals surface area contributed by atoms with Crippen molar-refractivity contribution in [2.45, 2.75) is 11.8 Å². The van der Waals surface area contributed by atoms with E-state index >= 15 is 0 Å². The predicted molar refractivity (Wildman–Crippen MR) is 41.8 cm³/mol. The van der Waals surface area contributed by atoms with Crippen LogP contribution in [0.2, 0.25) is 5.02 Å². The Hall–Kier alpha value is -0.270. The van der Waals surface area contributed by atoms with Gasteiger partial charge >= 0.3 is 0 Å². The third kappa shape index (κ3) is 1.57. The third-order valence-corrected chi connectivity index (χ3v) is 1.81. The number of aryl methyl sites for hydroxylation is 1. The molecule has 0 radical (unpaired) electrons. The van der Waals surface area contributed by atoms with Crippen molar-refractivity contribution >= 4 is 24.2 Å². The van der Waals surface area contributed by atoms with Gasteiger partial charge in [-0.25, -0.2) is 0 Å². The van der Waals surface area contributed by atoms with Crippen molar-refractivity contribution in [3.05, 3.63) is 28.8 Å². The van der Waals surface area contributed by atoms with Crippen LogP contribution in [-0.2, 0) is 12.6 Å².